The Morgan fingerprint density at radius 1 is 1.26 bits per heavy atom. The van der Waals surface area contributed by atoms with E-state index in [4.69, 9.17) is 5.73 Å². The van der Waals surface area contributed by atoms with Crippen LogP contribution in [-0.4, -0.2) is 53.8 Å². The van der Waals surface area contributed by atoms with Crippen molar-refractivity contribution in [1.82, 2.24) is 9.80 Å². The van der Waals surface area contributed by atoms with Crippen LogP contribution >= 0.6 is 12.4 Å². The molecule has 0 bridgehead atoms. The number of halogens is 1. The van der Waals surface area contributed by atoms with Gasteiger partial charge in [-0.15, -0.1) is 12.4 Å². The summed E-state index contributed by atoms with van der Waals surface area (Å²) in [4.78, 5) is 26.7. The highest BCUT2D eigenvalue weighted by Crippen LogP contribution is 2.19. The minimum atomic E-state index is -0.0132. The van der Waals surface area contributed by atoms with Crippen molar-refractivity contribution in [2.75, 3.05) is 26.2 Å². The molecule has 2 aliphatic heterocycles. The van der Waals surface area contributed by atoms with E-state index in [0.717, 1.165) is 26.1 Å². The summed E-state index contributed by atoms with van der Waals surface area (Å²) in [5, 5.41) is 0. The minimum absolute atomic E-state index is 0. The predicted octanol–water partition coefficient (Wildman–Crippen LogP) is 0.616. The van der Waals surface area contributed by atoms with Crippen molar-refractivity contribution < 1.29 is 9.59 Å². The van der Waals surface area contributed by atoms with Crippen LogP contribution in [0.1, 0.15) is 32.6 Å². The molecule has 0 spiro atoms. The van der Waals surface area contributed by atoms with Crippen molar-refractivity contribution in [3.63, 3.8) is 0 Å². The average molecular weight is 290 g/mol. The lowest BCUT2D eigenvalue weighted by Crippen LogP contribution is -2.45. The molecule has 0 aromatic rings. The van der Waals surface area contributed by atoms with Gasteiger partial charge in [-0.2, -0.15) is 0 Å². The molecule has 2 atom stereocenters. The highest BCUT2D eigenvalue weighted by atomic mass is 35.5. The Morgan fingerprint density at radius 3 is 2.47 bits per heavy atom. The number of nitrogens with zero attached hydrogens (tertiary/aromatic N) is 2. The van der Waals surface area contributed by atoms with Gasteiger partial charge in [0.25, 0.3) is 0 Å². The molecule has 0 saturated carbocycles. The molecule has 2 fully saturated rings. The van der Waals surface area contributed by atoms with E-state index >= 15 is 0 Å². The smallest absolute Gasteiger partial charge is 0.229 e. The molecule has 2 aliphatic rings. The van der Waals surface area contributed by atoms with Crippen molar-refractivity contribution in [3.05, 3.63) is 0 Å². The van der Waals surface area contributed by atoms with E-state index in [9.17, 15) is 9.59 Å². The lowest BCUT2D eigenvalue weighted by molar-refractivity contribution is -0.138. The first-order chi connectivity index (χ1) is 8.58. The third kappa shape index (κ3) is 4.16. The van der Waals surface area contributed by atoms with E-state index in [0.29, 0.717) is 25.3 Å². The van der Waals surface area contributed by atoms with Gasteiger partial charge in [0.1, 0.15) is 0 Å². The van der Waals surface area contributed by atoms with Crippen molar-refractivity contribution in [2.24, 2.45) is 11.7 Å². The topological polar surface area (TPSA) is 66.6 Å². The molecule has 0 aliphatic carbocycles. The van der Waals surface area contributed by atoms with Crippen molar-refractivity contribution >= 4 is 24.2 Å². The van der Waals surface area contributed by atoms with Crippen LogP contribution < -0.4 is 5.73 Å². The van der Waals surface area contributed by atoms with Crippen LogP contribution in [0, 0.1) is 5.92 Å². The average Bonchev–Trinajstić information content (AvgIpc) is 2.67. The van der Waals surface area contributed by atoms with Crippen molar-refractivity contribution in [1.29, 1.82) is 0 Å². The normalized spacial score (nSPS) is 26.4. The maximum Gasteiger partial charge on any atom is 0.229 e. The molecule has 110 valence electrons. The number of amides is 2. The molecule has 0 aromatic carbocycles. The largest absolute Gasteiger partial charge is 0.328 e. The third-order valence-corrected chi connectivity index (χ3v) is 4.08. The fourth-order valence-corrected chi connectivity index (χ4v) is 2.84. The molecule has 0 radical (unpaired) electrons. The summed E-state index contributed by atoms with van der Waals surface area (Å²) in [6.45, 7) is 5.44. The summed E-state index contributed by atoms with van der Waals surface area (Å²) >= 11 is 0. The number of rotatable bonds is 4. The first kappa shape index (κ1) is 16.4. The lowest BCUT2D eigenvalue weighted by atomic mass is 9.92. The highest BCUT2D eigenvalue weighted by molar-refractivity contribution is 6.01. The monoisotopic (exact) mass is 289 g/mol. The van der Waals surface area contributed by atoms with Gasteiger partial charge >= 0.3 is 0 Å². The second-order valence-electron chi connectivity index (χ2n) is 5.50. The lowest BCUT2D eigenvalue weighted by Gasteiger charge is -2.35. The zero-order chi connectivity index (χ0) is 13.1. The van der Waals surface area contributed by atoms with Crippen LogP contribution in [-0.2, 0) is 9.59 Å². The number of piperidine rings is 1. The number of hydrogen-bond acceptors (Lipinski definition) is 4. The molecule has 6 heteroatoms. The zero-order valence-corrected chi connectivity index (χ0v) is 12.3. The minimum Gasteiger partial charge on any atom is -0.328 e. The summed E-state index contributed by atoms with van der Waals surface area (Å²) in [5.41, 5.74) is 5.95. The molecule has 2 saturated heterocycles. The van der Waals surface area contributed by atoms with E-state index in [1.165, 1.54) is 11.3 Å². The molecule has 2 N–H and O–H groups in total. The Hall–Kier alpha value is -0.650. The summed E-state index contributed by atoms with van der Waals surface area (Å²) in [5.74, 6) is 0.519. The second-order valence-corrected chi connectivity index (χ2v) is 5.50. The number of nitrogens with two attached hydrogens (primary N) is 1. The number of likely N-dealkylation sites (tertiary alicyclic amines) is 2. The molecule has 19 heavy (non-hydrogen) atoms. The molecule has 2 unspecified atom stereocenters. The first-order valence-corrected chi connectivity index (χ1v) is 6.89. The Kier molecular flexibility index (Phi) is 6.23. The van der Waals surface area contributed by atoms with Gasteiger partial charge in [0.15, 0.2) is 0 Å². The SMILES string of the molecule is CC(N)C1CCCN(CCN2C(=O)CCC2=O)C1.Cl. The van der Waals surface area contributed by atoms with Gasteiger partial charge in [-0.25, -0.2) is 0 Å². The summed E-state index contributed by atoms with van der Waals surface area (Å²) < 4.78 is 0. The third-order valence-electron chi connectivity index (χ3n) is 4.08. The van der Waals surface area contributed by atoms with E-state index < -0.39 is 0 Å². The van der Waals surface area contributed by atoms with Gasteiger partial charge in [0.05, 0.1) is 0 Å². The molecular weight excluding hydrogens is 266 g/mol. The molecular formula is C13H24ClN3O2. The summed E-state index contributed by atoms with van der Waals surface area (Å²) in [6.07, 6.45) is 3.13. The standard InChI is InChI=1S/C13H23N3O2.ClH/c1-10(14)11-3-2-6-15(9-11)7-8-16-12(17)4-5-13(16)18;/h10-11H,2-9,14H2,1H3;1H. The van der Waals surface area contributed by atoms with Crippen LogP contribution in [0.5, 0.6) is 0 Å². The number of hydrogen-bond donors (Lipinski definition) is 1. The highest BCUT2D eigenvalue weighted by Gasteiger charge is 2.29. The van der Waals surface area contributed by atoms with Gasteiger partial charge < -0.3 is 10.6 Å². The van der Waals surface area contributed by atoms with Gasteiger partial charge in [-0.3, -0.25) is 14.5 Å². The van der Waals surface area contributed by atoms with E-state index in [-0.39, 0.29) is 30.3 Å². The number of imide groups is 1. The molecule has 2 heterocycles. The van der Waals surface area contributed by atoms with Gasteiger partial charge in [-0.1, -0.05) is 0 Å². The second kappa shape index (κ2) is 7.22. The maximum absolute atomic E-state index is 11.5. The van der Waals surface area contributed by atoms with Crippen LogP contribution in [0.2, 0.25) is 0 Å². The van der Waals surface area contributed by atoms with Gasteiger partial charge in [-0.05, 0) is 32.2 Å². The Balaban J connectivity index is 0.00000180. The quantitative estimate of drug-likeness (QED) is 0.771. The van der Waals surface area contributed by atoms with Crippen LogP contribution in [0.4, 0.5) is 0 Å². The first-order valence-electron chi connectivity index (χ1n) is 6.89. The fourth-order valence-electron chi connectivity index (χ4n) is 2.84. The molecule has 2 rings (SSSR count). The molecule has 5 nitrogen and oxygen atoms in total. The van der Waals surface area contributed by atoms with E-state index in [2.05, 4.69) is 11.8 Å². The molecule has 2 amide bonds. The van der Waals surface area contributed by atoms with E-state index in [1.807, 2.05) is 0 Å². The predicted molar refractivity (Wildman–Crippen MR) is 76.0 cm³/mol. The van der Waals surface area contributed by atoms with Gasteiger partial charge in [0, 0.05) is 38.5 Å². The fraction of sp³-hybridized carbons (Fsp3) is 0.846. The van der Waals surface area contributed by atoms with Crippen LogP contribution in [0.3, 0.4) is 0 Å². The van der Waals surface area contributed by atoms with Crippen LogP contribution in [0.25, 0.3) is 0 Å². The van der Waals surface area contributed by atoms with Gasteiger partial charge in [0.2, 0.25) is 11.8 Å². The Labute approximate surface area is 120 Å². The van der Waals surface area contributed by atoms with Crippen molar-refractivity contribution in [3.8, 4) is 0 Å². The molecule has 0 aromatic heterocycles. The van der Waals surface area contributed by atoms with Crippen molar-refractivity contribution in [2.45, 2.75) is 38.6 Å². The Bertz CT molecular complexity index is 320. The summed E-state index contributed by atoms with van der Waals surface area (Å²) in [6, 6.07) is 0.225. The van der Waals surface area contributed by atoms with Crippen LogP contribution in [0.15, 0.2) is 0 Å². The Morgan fingerprint density at radius 2 is 1.89 bits per heavy atom. The van der Waals surface area contributed by atoms with E-state index in [1.54, 1.807) is 0 Å². The number of carbonyl (C=O) groups excluding carboxylic acids is 2. The maximum atomic E-state index is 11.5. The zero-order valence-electron chi connectivity index (χ0n) is 11.5. The summed E-state index contributed by atoms with van der Waals surface area (Å²) in [7, 11) is 0. The number of carbonyl (C=O) groups is 2.